The number of rotatable bonds is 3. The molecule has 1 unspecified atom stereocenters. The van der Waals surface area contributed by atoms with E-state index in [9.17, 15) is 4.79 Å². The first kappa shape index (κ1) is 18.9. The number of nitrogens with zero attached hydrogens (tertiary/aromatic N) is 2. The molecule has 2 aliphatic carbocycles. The van der Waals surface area contributed by atoms with Crippen LogP contribution in [0.3, 0.4) is 0 Å². The summed E-state index contributed by atoms with van der Waals surface area (Å²) in [5.74, 6) is 1.17. The van der Waals surface area contributed by atoms with Crippen molar-refractivity contribution >= 4 is 17.5 Å². The van der Waals surface area contributed by atoms with Gasteiger partial charge in [0.25, 0.3) is 0 Å². The van der Waals surface area contributed by atoms with Crippen molar-refractivity contribution in [2.24, 2.45) is 11.7 Å². The highest BCUT2D eigenvalue weighted by molar-refractivity contribution is 6.31. The van der Waals surface area contributed by atoms with Gasteiger partial charge in [0.2, 0.25) is 5.91 Å². The summed E-state index contributed by atoms with van der Waals surface area (Å²) in [6.45, 7) is 0. The molecule has 0 spiro atoms. The normalized spacial score (nSPS) is 21.3. The Kier molecular flexibility index (Phi) is 4.32. The van der Waals surface area contributed by atoms with Crippen LogP contribution in [0.4, 0.5) is 0 Å². The Morgan fingerprint density at radius 2 is 1.94 bits per heavy atom. The summed E-state index contributed by atoms with van der Waals surface area (Å²) in [5, 5.41) is 4.96. The summed E-state index contributed by atoms with van der Waals surface area (Å²) < 4.78 is 12.2. The third kappa shape index (κ3) is 3.04. The smallest absolute Gasteiger partial charge is 0.221 e. The lowest BCUT2D eigenvalue weighted by atomic mass is 9.93. The summed E-state index contributed by atoms with van der Waals surface area (Å²) in [6, 6.07) is 5.88. The monoisotopic (exact) mass is 435 g/mol. The molecule has 3 aromatic rings. The molecule has 0 radical (unpaired) electrons. The number of fused-ring (bicyclic) bond motifs is 3. The summed E-state index contributed by atoms with van der Waals surface area (Å²) in [4.78, 5) is 16.3. The Morgan fingerprint density at radius 1 is 1.06 bits per heavy atom. The SMILES string of the molecule is NC(=O)C1Cc2nccc(-c3cc(Cl)cc4c3O[C@@H](c3onc5c3CCCC5)C4)c2C1. The first-order valence-electron chi connectivity index (χ1n) is 10.8. The Hall–Kier alpha value is -2.86. The van der Waals surface area contributed by atoms with E-state index in [2.05, 4.69) is 10.1 Å². The second kappa shape index (κ2) is 7.09. The zero-order valence-electron chi connectivity index (χ0n) is 17.0. The van der Waals surface area contributed by atoms with Crippen LogP contribution in [-0.2, 0) is 36.9 Å². The van der Waals surface area contributed by atoms with Gasteiger partial charge in [0.1, 0.15) is 5.75 Å². The minimum absolute atomic E-state index is 0.199. The van der Waals surface area contributed by atoms with Crippen molar-refractivity contribution in [2.45, 2.75) is 51.0 Å². The first-order valence-corrected chi connectivity index (χ1v) is 11.2. The van der Waals surface area contributed by atoms with Gasteiger partial charge in [-0.15, -0.1) is 0 Å². The molecule has 3 aliphatic rings. The van der Waals surface area contributed by atoms with E-state index in [1.807, 2.05) is 18.2 Å². The molecule has 0 bridgehead atoms. The van der Waals surface area contributed by atoms with Gasteiger partial charge < -0.3 is 15.0 Å². The molecule has 2 aromatic heterocycles. The van der Waals surface area contributed by atoms with Crippen molar-refractivity contribution in [1.29, 1.82) is 0 Å². The quantitative estimate of drug-likeness (QED) is 0.667. The number of amides is 1. The molecule has 31 heavy (non-hydrogen) atoms. The maximum Gasteiger partial charge on any atom is 0.221 e. The number of pyridine rings is 1. The summed E-state index contributed by atoms with van der Waals surface area (Å²) >= 11 is 6.52. The van der Waals surface area contributed by atoms with Crippen LogP contribution < -0.4 is 10.5 Å². The van der Waals surface area contributed by atoms with Gasteiger partial charge >= 0.3 is 0 Å². The van der Waals surface area contributed by atoms with E-state index in [4.69, 9.17) is 26.6 Å². The van der Waals surface area contributed by atoms with Crippen molar-refractivity contribution < 1.29 is 14.1 Å². The van der Waals surface area contributed by atoms with Crippen LogP contribution >= 0.6 is 11.6 Å². The van der Waals surface area contributed by atoms with Crippen LogP contribution in [0.2, 0.25) is 5.02 Å². The van der Waals surface area contributed by atoms with E-state index in [0.717, 1.165) is 70.8 Å². The number of primary amides is 1. The molecule has 158 valence electrons. The highest BCUT2D eigenvalue weighted by atomic mass is 35.5. The number of nitrogens with two attached hydrogens (primary N) is 1. The number of aryl methyl sites for hydroxylation is 1. The van der Waals surface area contributed by atoms with Gasteiger partial charge in [-0.3, -0.25) is 9.78 Å². The zero-order chi connectivity index (χ0) is 21.1. The molecule has 6 nitrogen and oxygen atoms in total. The average molecular weight is 436 g/mol. The fourth-order valence-corrected chi connectivity index (χ4v) is 5.52. The highest BCUT2D eigenvalue weighted by Gasteiger charge is 2.35. The number of benzene rings is 1. The third-order valence-electron chi connectivity index (χ3n) is 6.81. The number of halogens is 1. The molecule has 3 heterocycles. The van der Waals surface area contributed by atoms with Crippen molar-refractivity contribution in [3.05, 3.63) is 63.3 Å². The number of hydrogen-bond acceptors (Lipinski definition) is 5. The molecule has 6 rings (SSSR count). The lowest BCUT2D eigenvalue weighted by Crippen LogP contribution is -2.23. The predicted molar refractivity (Wildman–Crippen MR) is 115 cm³/mol. The van der Waals surface area contributed by atoms with Crippen molar-refractivity contribution in [3.8, 4) is 16.9 Å². The Balaban J connectivity index is 1.41. The van der Waals surface area contributed by atoms with Crippen LogP contribution in [-0.4, -0.2) is 16.0 Å². The largest absolute Gasteiger partial charge is 0.481 e. The van der Waals surface area contributed by atoms with Gasteiger partial charge in [-0.2, -0.15) is 0 Å². The lowest BCUT2D eigenvalue weighted by molar-refractivity contribution is -0.121. The molecule has 0 saturated heterocycles. The topological polar surface area (TPSA) is 91.2 Å². The van der Waals surface area contributed by atoms with E-state index < -0.39 is 0 Å². The molecular weight excluding hydrogens is 414 g/mol. The molecule has 2 N–H and O–H groups in total. The van der Waals surface area contributed by atoms with Gasteiger partial charge in [0.15, 0.2) is 11.9 Å². The molecule has 0 fully saturated rings. The van der Waals surface area contributed by atoms with Gasteiger partial charge in [0.05, 0.1) is 5.69 Å². The molecule has 0 saturated carbocycles. The first-order chi connectivity index (χ1) is 15.1. The lowest BCUT2D eigenvalue weighted by Gasteiger charge is -2.15. The van der Waals surface area contributed by atoms with Crippen LogP contribution in [0.25, 0.3) is 11.1 Å². The minimum atomic E-state index is -0.285. The van der Waals surface area contributed by atoms with Gasteiger partial charge in [-0.25, -0.2) is 0 Å². The van der Waals surface area contributed by atoms with E-state index >= 15 is 0 Å². The van der Waals surface area contributed by atoms with Crippen molar-refractivity contribution in [2.75, 3.05) is 0 Å². The molecule has 2 atom stereocenters. The van der Waals surface area contributed by atoms with Gasteiger partial charge in [0, 0.05) is 52.4 Å². The Morgan fingerprint density at radius 3 is 2.81 bits per heavy atom. The second-order valence-corrected chi connectivity index (χ2v) is 9.16. The summed E-state index contributed by atoms with van der Waals surface area (Å²) in [6.07, 6.45) is 7.72. The summed E-state index contributed by atoms with van der Waals surface area (Å²) in [5.41, 5.74) is 12.8. The molecule has 1 aliphatic heterocycles. The predicted octanol–water partition coefficient (Wildman–Crippen LogP) is 4.15. The maximum atomic E-state index is 11.8. The number of carbonyl (C=O) groups is 1. The van der Waals surface area contributed by atoms with Crippen LogP contribution in [0.15, 0.2) is 28.9 Å². The standard InChI is InChI=1S/C24H22ClN3O3/c25-14-7-12-10-21(23-16-3-1-2-4-19(16)28-31-23)30-22(12)18(11-14)15-5-6-27-20-9-13(24(26)29)8-17(15)20/h5-7,11,13,21H,1-4,8-10H2,(H2,26,29)/t13?,21-/m1/s1. The van der Waals surface area contributed by atoms with Crippen LogP contribution in [0.5, 0.6) is 5.75 Å². The van der Waals surface area contributed by atoms with E-state index in [1.54, 1.807) is 6.20 Å². The second-order valence-electron chi connectivity index (χ2n) is 8.72. The maximum absolute atomic E-state index is 11.8. The van der Waals surface area contributed by atoms with Gasteiger partial charge in [-0.05, 0) is 61.4 Å². The fraction of sp³-hybridized carbons (Fsp3) is 0.375. The van der Waals surface area contributed by atoms with Crippen molar-refractivity contribution in [3.63, 3.8) is 0 Å². The number of aromatic nitrogens is 2. The Bertz CT molecular complexity index is 1220. The summed E-state index contributed by atoms with van der Waals surface area (Å²) in [7, 11) is 0. The van der Waals surface area contributed by atoms with E-state index in [1.165, 1.54) is 5.56 Å². The van der Waals surface area contributed by atoms with E-state index in [-0.39, 0.29) is 17.9 Å². The van der Waals surface area contributed by atoms with Gasteiger partial charge in [-0.1, -0.05) is 16.8 Å². The average Bonchev–Trinajstić information content (AvgIpc) is 3.48. The van der Waals surface area contributed by atoms with Crippen molar-refractivity contribution in [1.82, 2.24) is 10.1 Å². The number of carbonyl (C=O) groups excluding carboxylic acids is 1. The fourth-order valence-electron chi connectivity index (χ4n) is 5.28. The minimum Gasteiger partial charge on any atom is -0.481 e. The molecule has 1 aromatic carbocycles. The Labute approximate surface area is 184 Å². The highest BCUT2D eigenvalue weighted by Crippen LogP contribution is 2.48. The van der Waals surface area contributed by atoms with Crippen LogP contribution in [0, 0.1) is 5.92 Å². The molecular formula is C24H22ClN3O3. The molecule has 1 amide bonds. The molecule has 7 heteroatoms. The third-order valence-corrected chi connectivity index (χ3v) is 7.02. The van der Waals surface area contributed by atoms with Crippen LogP contribution in [0.1, 0.15) is 52.8 Å². The number of ether oxygens (including phenoxy) is 1. The van der Waals surface area contributed by atoms with E-state index in [0.29, 0.717) is 24.3 Å². The zero-order valence-corrected chi connectivity index (χ0v) is 17.7. The number of hydrogen-bond donors (Lipinski definition) is 1.